The molecule has 14 heavy (non-hydrogen) atoms. The van der Waals surface area contributed by atoms with Crippen LogP contribution in [0.5, 0.6) is 0 Å². The van der Waals surface area contributed by atoms with Gasteiger partial charge in [0.25, 0.3) is 0 Å². The van der Waals surface area contributed by atoms with Crippen LogP contribution in [0.15, 0.2) is 12.3 Å². The Hall–Kier alpha value is -1.03. The van der Waals surface area contributed by atoms with Gasteiger partial charge in [-0.05, 0) is 12.3 Å². The molecule has 0 saturated heterocycles. The molecule has 1 heterocycles. The van der Waals surface area contributed by atoms with E-state index in [0.717, 1.165) is 31.5 Å². The highest BCUT2D eigenvalue weighted by Crippen LogP contribution is 2.37. The number of pyridine rings is 1. The lowest BCUT2D eigenvalue weighted by Gasteiger charge is -2.11. The third kappa shape index (κ3) is 2.07. The van der Waals surface area contributed by atoms with Crippen LogP contribution in [0.1, 0.15) is 30.9 Å². The van der Waals surface area contributed by atoms with E-state index < -0.39 is 17.8 Å². The highest BCUT2D eigenvalue weighted by Gasteiger charge is 2.25. The molecule has 1 aromatic heterocycles. The van der Waals surface area contributed by atoms with Gasteiger partial charge in [-0.3, -0.25) is 0 Å². The first-order valence-electron chi connectivity index (χ1n) is 4.73. The predicted molar refractivity (Wildman–Crippen MR) is 48.4 cm³/mol. The van der Waals surface area contributed by atoms with Gasteiger partial charge in [-0.25, -0.2) is 9.37 Å². The Labute approximate surface area is 81.1 Å². The summed E-state index contributed by atoms with van der Waals surface area (Å²) in [7, 11) is 0. The molecule has 0 aromatic carbocycles. The standard InChI is InChI=1S/C10H12F2N2/c11-8-5-14-10(12)4-7(8)9(13)3-6-1-2-6/h4-6,9H,1-3,13H2/t9-/m0/s1. The van der Waals surface area contributed by atoms with Gasteiger partial charge in [0, 0.05) is 17.7 Å². The van der Waals surface area contributed by atoms with Crippen molar-refractivity contribution in [3.05, 3.63) is 29.6 Å². The van der Waals surface area contributed by atoms with Gasteiger partial charge >= 0.3 is 0 Å². The Morgan fingerprint density at radius 3 is 2.86 bits per heavy atom. The van der Waals surface area contributed by atoms with Crippen LogP contribution in [0.3, 0.4) is 0 Å². The molecule has 0 unspecified atom stereocenters. The second-order valence-corrected chi connectivity index (χ2v) is 3.81. The molecule has 4 heteroatoms. The van der Waals surface area contributed by atoms with E-state index in [1.165, 1.54) is 0 Å². The van der Waals surface area contributed by atoms with E-state index in [1.54, 1.807) is 0 Å². The highest BCUT2D eigenvalue weighted by molar-refractivity contribution is 5.18. The van der Waals surface area contributed by atoms with Gasteiger partial charge in [-0.2, -0.15) is 4.39 Å². The van der Waals surface area contributed by atoms with Crippen molar-refractivity contribution in [2.24, 2.45) is 11.7 Å². The summed E-state index contributed by atoms with van der Waals surface area (Å²) in [5, 5.41) is 0. The second kappa shape index (κ2) is 3.61. The molecule has 76 valence electrons. The van der Waals surface area contributed by atoms with E-state index in [2.05, 4.69) is 4.98 Å². The summed E-state index contributed by atoms with van der Waals surface area (Å²) < 4.78 is 25.9. The van der Waals surface area contributed by atoms with Crippen LogP contribution >= 0.6 is 0 Å². The Morgan fingerprint density at radius 2 is 2.21 bits per heavy atom. The summed E-state index contributed by atoms with van der Waals surface area (Å²) >= 11 is 0. The fourth-order valence-electron chi connectivity index (χ4n) is 1.55. The van der Waals surface area contributed by atoms with E-state index in [1.807, 2.05) is 0 Å². The lowest BCUT2D eigenvalue weighted by Crippen LogP contribution is -2.13. The number of hydrogen-bond donors (Lipinski definition) is 1. The minimum absolute atomic E-state index is 0.240. The van der Waals surface area contributed by atoms with E-state index in [0.29, 0.717) is 5.92 Å². The van der Waals surface area contributed by atoms with Gasteiger partial charge in [-0.15, -0.1) is 0 Å². The molecule has 0 spiro atoms. The number of nitrogens with zero attached hydrogens (tertiary/aromatic N) is 1. The average molecular weight is 198 g/mol. The van der Waals surface area contributed by atoms with E-state index in [4.69, 9.17) is 5.73 Å². The maximum Gasteiger partial charge on any atom is 0.213 e. The Balaban J connectivity index is 2.15. The number of nitrogens with two attached hydrogens (primary N) is 1. The van der Waals surface area contributed by atoms with Gasteiger partial charge in [0.1, 0.15) is 5.82 Å². The van der Waals surface area contributed by atoms with Gasteiger partial charge in [0.05, 0.1) is 6.20 Å². The largest absolute Gasteiger partial charge is 0.324 e. The summed E-state index contributed by atoms with van der Waals surface area (Å²) in [5.41, 5.74) is 6.01. The molecule has 0 amide bonds. The van der Waals surface area contributed by atoms with Crippen LogP contribution in [0.2, 0.25) is 0 Å². The lowest BCUT2D eigenvalue weighted by atomic mass is 10.0. The van der Waals surface area contributed by atoms with Crippen molar-refractivity contribution < 1.29 is 8.78 Å². The van der Waals surface area contributed by atoms with E-state index >= 15 is 0 Å². The monoisotopic (exact) mass is 198 g/mol. The average Bonchev–Trinajstić information content (AvgIpc) is 2.93. The molecule has 0 radical (unpaired) electrons. The SMILES string of the molecule is N[C@@H](CC1CC1)c1cc(F)ncc1F. The highest BCUT2D eigenvalue weighted by atomic mass is 19.1. The zero-order valence-electron chi connectivity index (χ0n) is 7.71. The molecule has 1 aliphatic rings. The molecule has 1 fully saturated rings. The zero-order valence-corrected chi connectivity index (χ0v) is 7.71. The molecule has 2 nitrogen and oxygen atoms in total. The van der Waals surface area contributed by atoms with Crippen molar-refractivity contribution in [1.29, 1.82) is 0 Å². The zero-order chi connectivity index (χ0) is 10.1. The summed E-state index contributed by atoms with van der Waals surface area (Å²) in [6, 6.07) is 0.683. The number of halogens is 2. The Morgan fingerprint density at radius 1 is 1.50 bits per heavy atom. The minimum atomic E-state index is -0.673. The quantitative estimate of drug-likeness (QED) is 0.756. The topological polar surface area (TPSA) is 38.9 Å². The van der Waals surface area contributed by atoms with E-state index in [-0.39, 0.29) is 5.56 Å². The van der Waals surface area contributed by atoms with Crippen LogP contribution in [0.4, 0.5) is 8.78 Å². The molecule has 1 aliphatic carbocycles. The maximum absolute atomic E-state index is 13.2. The molecule has 2 N–H and O–H groups in total. The molecule has 0 aliphatic heterocycles. The summed E-state index contributed by atoms with van der Waals surface area (Å²) in [5.74, 6) is -0.590. The Bertz CT molecular complexity index is 337. The van der Waals surface area contributed by atoms with Gasteiger partial charge < -0.3 is 5.73 Å². The lowest BCUT2D eigenvalue weighted by molar-refractivity contribution is 0.514. The van der Waals surface area contributed by atoms with Crippen LogP contribution < -0.4 is 5.73 Å². The smallest absolute Gasteiger partial charge is 0.213 e. The maximum atomic E-state index is 13.2. The van der Waals surface area contributed by atoms with Crippen molar-refractivity contribution in [3.8, 4) is 0 Å². The molecule has 2 rings (SSSR count). The van der Waals surface area contributed by atoms with Crippen molar-refractivity contribution in [3.63, 3.8) is 0 Å². The third-order valence-corrected chi connectivity index (χ3v) is 2.54. The van der Waals surface area contributed by atoms with Crippen LogP contribution in [0.25, 0.3) is 0 Å². The van der Waals surface area contributed by atoms with Crippen LogP contribution in [-0.4, -0.2) is 4.98 Å². The fraction of sp³-hybridized carbons (Fsp3) is 0.500. The fourth-order valence-corrected chi connectivity index (χ4v) is 1.55. The number of aromatic nitrogens is 1. The van der Waals surface area contributed by atoms with E-state index in [9.17, 15) is 8.78 Å². The second-order valence-electron chi connectivity index (χ2n) is 3.81. The van der Waals surface area contributed by atoms with Crippen LogP contribution in [0, 0.1) is 17.7 Å². The van der Waals surface area contributed by atoms with Crippen molar-refractivity contribution >= 4 is 0 Å². The third-order valence-electron chi connectivity index (χ3n) is 2.54. The van der Waals surface area contributed by atoms with Crippen molar-refractivity contribution in [2.45, 2.75) is 25.3 Å². The summed E-state index contributed by atoms with van der Waals surface area (Å²) in [6.07, 6.45) is 3.93. The first-order valence-corrected chi connectivity index (χ1v) is 4.73. The molecule has 1 saturated carbocycles. The number of rotatable bonds is 3. The molecular formula is C10H12F2N2. The van der Waals surface area contributed by atoms with Gasteiger partial charge in [-0.1, -0.05) is 12.8 Å². The Kier molecular flexibility index (Phi) is 2.46. The first-order chi connectivity index (χ1) is 6.66. The van der Waals surface area contributed by atoms with Crippen LogP contribution in [-0.2, 0) is 0 Å². The first kappa shape index (κ1) is 9.52. The summed E-state index contributed by atoms with van der Waals surface area (Å²) in [6.45, 7) is 0. The van der Waals surface area contributed by atoms with Gasteiger partial charge in [0.15, 0.2) is 0 Å². The molecule has 1 aromatic rings. The number of hydrogen-bond acceptors (Lipinski definition) is 2. The van der Waals surface area contributed by atoms with Gasteiger partial charge in [0.2, 0.25) is 5.95 Å². The minimum Gasteiger partial charge on any atom is -0.324 e. The summed E-state index contributed by atoms with van der Waals surface area (Å²) in [4.78, 5) is 3.22. The molecule has 0 bridgehead atoms. The predicted octanol–water partition coefficient (Wildman–Crippen LogP) is 2.16. The molecule has 1 atom stereocenters. The van der Waals surface area contributed by atoms with Crippen molar-refractivity contribution in [1.82, 2.24) is 4.98 Å². The molecular weight excluding hydrogens is 186 g/mol. The van der Waals surface area contributed by atoms with Crippen molar-refractivity contribution in [2.75, 3.05) is 0 Å². The normalized spacial score (nSPS) is 18.2.